The van der Waals surface area contributed by atoms with E-state index in [1.807, 2.05) is 72.9 Å². The van der Waals surface area contributed by atoms with Crippen LogP contribution in [0, 0.1) is 0 Å². The van der Waals surface area contributed by atoms with E-state index < -0.39 is 6.10 Å². The number of esters is 3. The average molecular weight is 735 g/mol. The fourth-order valence-electron chi connectivity index (χ4n) is 5.17. The van der Waals surface area contributed by atoms with Crippen LogP contribution in [0.5, 0.6) is 0 Å². The van der Waals surface area contributed by atoms with Crippen LogP contribution >= 0.6 is 0 Å². The van der Waals surface area contributed by atoms with E-state index in [1.165, 1.54) is 38.5 Å². The Labute approximate surface area is 324 Å². The Morgan fingerprint density at radius 1 is 0.396 bits per heavy atom. The van der Waals surface area contributed by atoms with Crippen LogP contribution in [-0.2, 0) is 28.6 Å². The Kier molecular flexibility index (Phi) is 38.2. The van der Waals surface area contributed by atoms with E-state index in [0.717, 1.165) is 77.0 Å². The number of carbonyl (C=O) groups excluding carboxylic acids is 3. The van der Waals surface area contributed by atoms with Crippen LogP contribution in [0.4, 0.5) is 0 Å². The highest BCUT2D eigenvalue weighted by molar-refractivity contribution is 5.71. The lowest BCUT2D eigenvalue weighted by atomic mass is 10.1. The maximum atomic E-state index is 12.7. The van der Waals surface area contributed by atoms with Gasteiger partial charge in [-0.1, -0.05) is 182 Å². The minimum atomic E-state index is -0.810. The summed E-state index contributed by atoms with van der Waals surface area (Å²) in [5.74, 6) is -1.00. The molecule has 0 radical (unpaired) electrons. The Morgan fingerprint density at radius 2 is 0.736 bits per heavy atom. The molecule has 0 N–H and O–H groups in total. The molecule has 1 atom stereocenters. The Morgan fingerprint density at radius 3 is 1.15 bits per heavy atom. The molecule has 0 fully saturated rings. The summed E-state index contributed by atoms with van der Waals surface area (Å²) in [5.41, 5.74) is 0. The van der Waals surface area contributed by atoms with Crippen molar-refractivity contribution >= 4 is 17.9 Å². The molecular weight excluding hydrogens is 661 g/mol. The summed E-state index contributed by atoms with van der Waals surface area (Å²) < 4.78 is 16.6. The lowest BCUT2D eigenvalue weighted by molar-refractivity contribution is -0.167. The van der Waals surface area contributed by atoms with Crippen molar-refractivity contribution in [3.8, 4) is 0 Å². The molecule has 0 amide bonds. The topological polar surface area (TPSA) is 78.9 Å². The standard InChI is InChI=1S/C47H74O6/c1-4-7-10-13-16-19-21-23-25-28-31-34-37-40-46(49)52-43-44(42-51-45(48)39-36-33-30-27-18-15-12-9-6-3)53-47(50)41-38-35-32-29-26-24-22-20-17-14-11-8-5-2/h7-8,10-11,13-14,16-17,19-26,44H,4-6,9,12,15,18,27-43H2,1-3H3/b10-7-,11-8-,16-13-,17-14-,21-19-,22-20-,25-23-,26-24-. The van der Waals surface area contributed by atoms with Crippen LogP contribution in [0.25, 0.3) is 0 Å². The fraction of sp³-hybridized carbons (Fsp3) is 0.596. The van der Waals surface area contributed by atoms with Gasteiger partial charge in [-0.05, 0) is 57.8 Å². The van der Waals surface area contributed by atoms with Crippen molar-refractivity contribution in [1.29, 1.82) is 0 Å². The zero-order chi connectivity index (χ0) is 38.7. The lowest BCUT2D eigenvalue weighted by Crippen LogP contribution is -2.30. The van der Waals surface area contributed by atoms with Crippen molar-refractivity contribution in [3.63, 3.8) is 0 Å². The van der Waals surface area contributed by atoms with Gasteiger partial charge in [0.25, 0.3) is 0 Å². The molecule has 0 heterocycles. The SMILES string of the molecule is CC\C=C/C=C\C=C/C=C\CCCCCC(=O)OCC(COC(=O)CCCCCCCCCCC)OC(=O)CCCCC\C=C/C=C\C=C/C=C\CC. The minimum absolute atomic E-state index is 0.107. The second-order valence-electron chi connectivity index (χ2n) is 13.3. The van der Waals surface area contributed by atoms with Gasteiger partial charge in [-0.3, -0.25) is 14.4 Å². The molecular formula is C47H74O6. The first kappa shape index (κ1) is 49.3. The van der Waals surface area contributed by atoms with Crippen molar-refractivity contribution in [1.82, 2.24) is 0 Å². The van der Waals surface area contributed by atoms with Gasteiger partial charge in [-0.25, -0.2) is 0 Å². The van der Waals surface area contributed by atoms with Gasteiger partial charge >= 0.3 is 17.9 Å². The Hall–Kier alpha value is -3.67. The Bertz CT molecular complexity index is 1120. The van der Waals surface area contributed by atoms with Crippen molar-refractivity contribution in [2.75, 3.05) is 13.2 Å². The molecule has 0 spiro atoms. The summed E-state index contributed by atoms with van der Waals surface area (Å²) in [5, 5.41) is 0. The first-order valence-electron chi connectivity index (χ1n) is 20.8. The second kappa shape index (κ2) is 41.1. The average Bonchev–Trinajstić information content (AvgIpc) is 3.15. The molecule has 298 valence electrons. The molecule has 6 heteroatoms. The van der Waals surface area contributed by atoms with E-state index in [-0.39, 0.29) is 37.5 Å². The van der Waals surface area contributed by atoms with Crippen LogP contribution in [0.2, 0.25) is 0 Å². The van der Waals surface area contributed by atoms with Crippen molar-refractivity contribution < 1.29 is 28.6 Å². The molecule has 0 aliphatic heterocycles. The number of allylic oxidation sites excluding steroid dienone is 16. The van der Waals surface area contributed by atoms with Gasteiger partial charge < -0.3 is 14.2 Å². The van der Waals surface area contributed by atoms with Crippen LogP contribution in [0.15, 0.2) is 97.2 Å². The highest BCUT2D eigenvalue weighted by Crippen LogP contribution is 2.12. The Balaban J connectivity index is 4.55. The number of hydrogen-bond acceptors (Lipinski definition) is 6. The maximum Gasteiger partial charge on any atom is 0.306 e. The molecule has 0 bridgehead atoms. The van der Waals surface area contributed by atoms with E-state index >= 15 is 0 Å². The van der Waals surface area contributed by atoms with Gasteiger partial charge in [0.15, 0.2) is 6.10 Å². The van der Waals surface area contributed by atoms with E-state index in [1.54, 1.807) is 0 Å². The maximum absolute atomic E-state index is 12.7. The van der Waals surface area contributed by atoms with Gasteiger partial charge in [-0.15, -0.1) is 0 Å². The monoisotopic (exact) mass is 735 g/mol. The molecule has 0 aliphatic carbocycles. The smallest absolute Gasteiger partial charge is 0.306 e. The lowest BCUT2D eigenvalue weighted by Gasteiger charge is -2.18. The third-order valence-corrected chi connectivity index (χ3v) is 8.27. The summed E-state index contributed by atoms with van der Waals surface area (Å²) in [6.45, 7) is 6.22. The number of rotatable bonds is 35. The van der Waals surface area contributed by atoms with E-state index in [4.69, 9.17) is 14.2 Å². The largest absolute Gasteiger partial charge is 0.462 e. The van der Waals surface area contributed by atoms with Crippen molar-refractivity contribution in [2.45, 2.75) is 168 Å². The highest BCUT2D eigenvalue weighted by atomic mass is 16.6. The van der Waals surface area contributed by atoms with Gasteiger partial charge in [-0.2, -0.15) is 0 Å². The second-order valence-corrected chi connectivity index (χ2v) is 13.3. The van der Waals surface area contributed by atoms with E-state index in [2.05, 4.69) is 45.1 Å². The summed E-state index contributed by atoms with van der Waals surface area (Å²) in [7, 11) is 0. The summed E-state index contributed by atoms with van der Waals surface area (Å²) in [6.07, 6.45) is 52.5. The van der Waals surface area contributed by atoms with Crippen LogP contribution < -0.4 is 0 Å². The predicted octanol–water partition coefficient (Wildman–Crippen LogP) is 13.1. The molecule has 0 saturated carbocycles. The third kappa shape index (κ3) is 39.4. The van der Waals surface area contributed by atoms with E-state index in [9.17, 15) is 14.4 Å². The zero-order valence-electron chi connectivity index (χ0n) is 33.7. The predicted molar refractivity (Wildman–Crippen MR) is 224 cm³/mol. The molecule has 0 aromatic carbocycles. The normalized spacial score (nSPS) is 13.0. The molecule has 0 aromatic heterocycles. The zero-order valence-corrected chi connectivity index (χ0v) is 33.7. The summed E-state index contributed by atoms with van der Waals surface area (Å²) in [6, 6.07) is 0. The number of unbranched alkanes of at least 4 members (excludes halogenated alkanes) is 14. The molecule has 53 heavy (non-hydrogen) atoms. The van der Waals surface area contributed by atoms with Crippen LogP contribution in [-0.4, -0.2) is 37.2 Å². The van der Waals surface area contributed by atoms with Gasteiger partial charge in [0, 0.05) is 19.3 Å². The number of ether oxygens (including phenoxy) is 3. The van der Waals surface area contributed by atoms with Gasteiger partial charge in [0.1, 0.15) is 13.2 Å². The van der Waals surface area contributed by atoms with Gasteiger partial charge in [0.2, 0.25) is 0 Å². The van der Waals surface area contributed by atoms with Crippen molar-refractivity contribution in [2.24, 2.45) is 0 Å². The third-order valence-electron chi connectivity index (χ3n) is 8.27. The molecule has 0 aliphatic rings. The summed E-state index contributed by atoms with van der Waals surface area (Å²) >= 11 is 0. The first-order chi connectivity index (χ1) is 26.0. The minimum Gasteiger partial charge on any atom is -0.462 e. The van der Waals surface area contributed by atoms with Gasteiger partial charge in [0.05, 0.1) is 0 Å². The molecule has 0 aromatic rings. The molecule has 6 nitrogen and oxygen atoms in total. The number of hydrogen-bond donors (Lipinski definition) is 0. The van der Waals surface area contributed by atoms with Crippen LogP contribution in [0.1, 0.15) is 162 Å². The quantitative estimate of drug-likeness (QED) is 0.0279. The van der Waals surface area contributed by atoms with E-state index in [0.29, 0.717) is 19.3 Å². The van der Waals surface area contributed by atoms with Crippen molar-refractivity contribution in [3.05, 3.63) is 97.2 Å². The molecule has 1 unspecified atom stereocenters. The highest BCUT2D eigenvalue weighted by Gasteiger charge is 2.19. The molecule has 0 saturated heterocycles. The molecule has 0 rings (SSSR count). The first-order valence-corrected chi connectivity index (χ1v) is 20.8. The van der Waals surface area contributed by atoms with Crippen LogP contribution in [0.3, 0.4) is 0 Å². The summed E-state index contributed by atoms with van der Waals surface area (Å²) in [4.78, 5) is 37.6. The number of carbonyl (C=O) groups is 3. The fourth-order valence-corrected chi connectivity index (χ4v) is 5.17.